The van der Waals surface area contributed by atoms with Crippen LogP contribution in [-0.4, -0.2) is 35.5 Å². The van der Waals surface area contributed by atoms with E-state index >= 15 is 0 Å². The molecule has 1 heterocycles. The second-order valence-corrected chi connectivity index (χ2v) is 11.5. The fraction of sp³-hybridized carbons (Fsp3) is 0.694. The summed E-state index contributed by atoms with van der Waals surface area (Å²) in [6, 6.07) is 7.91. The standard InChI is InChI=1S/C36H57NO5/c1-4-7-8-9-10-11-14-17-20-27-32(38)34-30-25-22-23-26-31(30)37(35(34)36(40)42-6-3)29-24-19-16-13-12-15-18-21-28-33(39)41-5-2/h22-23,25-26H,4-21,24,27-29H2,1-3H3. The molecule has 2 rings (SSSR count). The van der Waals surface area contributed by atoms with Gasteiger partial charge in [-0.3, -0.25) is 9.59 Å². The smallest absolute Gasteiger partial charge is 0.355 e. The van der Waals surface area contributed by atoms with Gasteiger partial charge in [0.25, 0.3) is 0 Å². The second-order valence-electron chi connectivity index (χ2n) is 11.5. The predicted molar refractivity (Wildman–Crippen MR) is 172 cm³/mol. The largest absolute Gasteiger partial charge is 0.466 e. The Kier molecular flexibility index (Phi) is 18.6. The molecule has 0 saturated carbocycles. The van der Waals surface area contributed by atoms with Crippen LogP contribution in [0.3, 0.4) is 0 Å². The lowest BCUT2D eigenvalue weighted by molar-refractivity contribution is -0.143. The Labute approximate surface area is 254 Å². The normalized spacial score (nSPS) is 11.2. The number of nitrogens with zero attached hydrogens (tertiary/aromatic N) is 1. The molecule has 0 N–H and O–H groups in total. The topological polar surface area (TPSA) is 74.6 Å². The molecule has 0 fully saturated rings. The van der Waals surface area contributed by atoms with E-state index in [1.165, 1.54) is 57.8 Å². The Morgan fingerprint density at radius 2 is 1.14 bits per heavy atom. The molecular weight excluding hydrogens is 526 g/mol. The number of para-hydroxylation sites is 1. The quantitative estimate of drug-likeness (QED) is 0.0660. The number of ketones is 1. The highest BCUT2D eigenvalue weighted by molar-refractivity contribution is 6.15. The molecule has 2 aromatic rings. The first-order valence-electron chi connectivity index (χ1n) is 17.0. The lowest BCUT2D eigenvalue weighted by atomic mass is 10.00. The first-order chi connectivity index (χ1) is 20.5. The van der Waals surface area contributed by atoms with E-state index in [0.717, 1.165) is 62.3 Å². The molecule has 0 saturated heterocycles. The van der Waals surface area contributed by atoms with Crippen LogP contribution < -0.4 is 0 Å². The first-order valence-corrected chi connectivity index (χ1v) is 17.0. The summed E-state index contributed by atoms with van der Waals surface area (Å²) < 4.78 is 12.5. The van der Waals surface area contributed by atoms with Crippen LogP contribution in [0.15, 0.2) is 24.3 Å². The molecule has 1 aromatic carbocycles. The summed E-state index contributed by atoms with van der Waals surface area (Å²) in [5, 5.41) is 0.865. The van der Waals surface area contributed by atoms with Gasteiger partial charge < -0.3 is 14.0 Å². The number of carbonyl (C=O) groups is 3. The van der Waals surface area contributed by atoms with Crippen molar-refractivity contribution in [2.24, 2.45) is 0 Å². The van der Waals surface area contributed by atoms with E-state index in [4.69, 9.17) is 9.47 Å². The van der Waals surface area contributed by atoms with Crippen LogP contribution in [-0.2, 0) is 20.8 Å². The number of rotatable bonds is 25. The lowest BCUT2D eigenvalue weighted by Gasteiger charge is -2.11. The third-order valence-corrected chi connectivity index (χ3v) is 8.04. The summed E-state index contributed by atoms with van der Waals surface area (Å²) in [6.07, 6.45) is 20.4. The Morgan fingerprint density at radius 3 is 1.74 bits per heavy atom. The van der Waals surface area contributed by atoms with Crippen LogP contribution >= 0.6 is 0 Å². The zero-order valence-electron chi connectivity index (χ0n) is 26.9. The van der Waals surface area contributed by atoms with Gasteiger partial charge in [0, 0.05) is 30.3 Å². The van der Waals surface area contributed by atoms with Crippen molar-refractivity contribution in [1.82, 2.24) is 4.57 Å². The average molecular weight is 584 g/mol. The SMILES string of the molecule is CCCCCCCCCCCC(=O)c1c(C(=O)OCC)n(CCCCCCCCCCC(=O)OCC)c2ccccc12. The van der Waals surface area contributed by atoms with Gasteiger partial charge in [0.2, 0.25) is 0 Å². The van der Waals surface area contributed by atoms with E-state index in [0.29, 0.717) is 37.3 Å². The van der Waals surface area contributed by atoms with Crippen LogP contribution in [0.1, 0.15) is 164 Å². The molecule has 1 aromatic heterocycles. The van der Waals surface area contributed by atoms with Crippen molar-refractivity contribution in [3.63, 3.8) is 0 Å². The molecule has 0 aliphatic carbocycles. The number of benzene rings is 1. The van der Waals surface area contributed by atoms with E-state index in [-0.39, 0.29) is 18.4 Å². The minimum Gasteiger partial charge on any atom is -0.466 e. The molecule has 0 radical (unpaired) electrons. The molecular formula is C36H57NO5. The Bertz CT molecular complexity index is 1060. The number of aromatic nitrogens is 1. The molecule has 236 valence electrons. The van der Waals surface area contributed by atoms with Gasteiger partial charge in [0.1, 0.15) is 5.69 Å². The van der Waals surface area contributed by atoms with Gasteiger partial charge >= 0.3 is 11.9 Å². The zero-order chi connectivity index (χ0) is 30.4. The molecule has 0 unspecified atom stereocenters. The highest BCUT2D eigenvalue weighted by Gasteiger charge is 2.27. The van der Waals surface area contributed by atoms with Crippen LogP contribution in [0.5, 0.6) is 0 Å². The number of aryl methyl sites for hydroxylation is 1. The van der Waals surface area contributed by atoms with Crippen LogP contribution in [0.2, 0.25) is 0 Å². The van der Waals surface area contributed by atoms with E-state index < -0.39 is 5.97 Å². The van der Waals surface area contributed by atoms with Gasteiger partial charge in [0.05, 0.1) is 18.8 Å². The maximum Gasteiger partial charge on any atom is 0.355 e. The van der Waals surface area contributed by atoms with Gasteiger partial charge in [-0.15, -0.1) is 0 Å². The molecule has 0 amide bonds. The van der Waals surface area contributed by atoms with Crippen molar-refractivity contribution in [2.45, 2.75) is 149 Å². The Morgan fingerprint density at radius 1 is 0.619 bits per heavy atom. The number of hydrogen-bond donors (Lipinski definition) is 0. The minimum atomic E-state index is -0.396. The van der Waals surface area contributed by atoms with Crippen molar-refractivity contribution in [1.29, 1.82) is 0 Å². The maximum absolute atomic E-state index is 13.6. The number of hydrogen-bond acceptors (Lipinski definition) is 5. The lowest BCUT2D eigenvalue weighted by Crippen LogP contribution is -2.16. The number of esters is 2. The van der Waals surface area contributed by atoms with Gasteiger partial charge in [-0.05, 0) is 39.2 Å². The van der Waals surface area contributed by atoms with Gasteiger partial charge in [-0.2, -0.15) is 0 Å². The summed E-state index contributed by atoms with van der Waals surface area (Å²) >= 11 is 0. The minimum absolute atomic E-state index is 0.0545. The number of unbranched alkanes of at least 4 members (excludes halogenated alkanes) is 15. The summed E-state index contributed by atoms with van der Waals surface area (Å²) in [4.78, 5) is 38.2. The molecule has 0 bridgehead atoms. The van der Waals surface area contributed by atoms with E-state index in [9.17, 15) is 14.4 Å². The van der Waals surface area contributed by atoms with Crippen molar-refractivity contribution >= 4 is 28.6 Å². The number of carbonyl (C=O) groups excluding carboxylic acids is 3. The zero-order valence-corrected chi connectivity index (χ0v) is 26.9. The molecule has 0 aliphatic heterocycles. The highest BCUT2D eigenvalue weighted by Crippen LogP contribution is 2.30. The third kappa shape index (κ3) is 12.7. The van der Waals surface area contributed by atoms with Gasteiger partial charge in [-0.25, -0.2) is 4.79 Å². The second kappa shape index (κ2) is 22.0. The van der Waals surface area contributed by atoms with Gasteiger partial charge in [0.15, 0.2) is 5.78 Å². The molecule has 6 heteroatoms. The van der Waals surface area contributed by atoms with Crippen LogP contribution in [0.4, 0.5) is 0 Å². The summed E-state index contributed by atoms with van der Waals surface area (Å²) in [5.41, 5.74) is 1.92. The molecule has 0 aliphatic rings. The number of ether oxygens (including phenoxy) is 2. The molecule has 42 heavy (non-hydrogen) atoms. The summed E-state index contributed by atoms with van der Waals surface area (Å²) in [5.74, 6) is -0.434. The van der Waals surface area contributed by atoms with Crippen molar-refractivity contribution < 1.29 is 23.9 Å². The first kappa shape index (κ1) is 35.6. The fourth-order valence-corrected chi connectivity index (χ4v) is 5.78. The monoisotopic (exact) mass is 583 g/mol. The summed E-state index contributed by atoms with van der Waals surface area (Å²) in [7, 11) is 0. The molecule has 6 nitrogen and oxygen atoms in total. The molecule has 0 atom stereocenters. The van der Waals surface area contributed by atoms with Crippen molar-refractivity contribution in [3.8, 4) is 0 Å². The Balaban J connectivity index is 1.90. The average Bonchev–Trinajstić information content (AvgIpc) is 3.32. The Hall–Kier alpha value is -2.63. The maximum atomic E-state index is 13.6. The highest BCUT2D eigenvalue weighted by atomic mass is 16.5. The van der Waals surface area contributed by atoms with E-state index in [1.54, 1.807) is 0 Å². The number of Topliss-reactive ketones (excluding diaryl/α,β-unsaturated/α-hetero) is 1. The van der Waals surface area contributed by atoms with Crippen LogP contribution in [0, 0.1) is 0 Å². The van der Waals surface area contributed by atoms with E-state index in [1.807, 2.05) is 42.7 Å². The van der Waals surface area contributed by atoms with E-state index in [2.05, 4.69) is 6.92 Å². The fourth-order valence-electron chi connectivity index (χ4n) is 5.78. The van der Waals surface area contributed by atoms with Gasteiger partial charge in [-0.1, -0.05) is 115 Å². The van der Waals surface area contributed by atoms with Crippen LogP contribution in [0.25, 0.3) is 10.9 Å². The predicted octanol–water partition coefficient (Wildman–Crippen LogP) is 10.00. The van der Waals surface area contributed by atoms with Crippen molar-refractivity contribution in [3.05, 3.63) is 35.5 Å². The van der Waals surface area contributed by atoms with Crippen molar-refractivity contribution in [2.75, 3.05) is 13.2 Å². The molecule has 0 spiro atoms. The number of fused-ring (bicyclic) bond motifs is 1. The third-order valence-electron chi connectivity index (χ3n) is 8.04. The summed E-state index contributed by atoms with van der Waals surface area (Å²) in [6.45, 7) is 7.32.